The topological polar surface area (TPSA) is 32.3 Å². The van der Waals surface area contributed by atoms with Crippen LogP contribution in [0.25, 0.3) is 0 Å². The van der Waals surface area contributed by atoms with E-state index in [1.165, 1.54) is 0 Å². The van der Waals surface area contributed by atoms with E-state index in [0.717, 1.165) is 29.7 Å². The average molecular weight is 320 g/mol. The van der Waals surface area contributed by atoms with Crippen molar-refractivity contribution in [2.45, 2.75) is 13.0 Å². The summed E-state index contributed by atoms with van der Waals surface area (Å²) in [4.78, 5) is 14.2. The van der Waals surface area contributed by atoms with Crippen LogP contribution in [-0.2, 0) is 0 Å². The molecule has 5 heteroatoms. The van der Waals surface area contributed by atoms with E-state index < -0.39 is 0 Å². The van der Waals surface area contributed by atoms with Crippen molar-refractivity contribution in [3.8, 4) is 0 Å². The van der Waals surface area contributed by atoms with Gasteiger partial charge in [-0.2, -0.15) is 0 Å². The number of rotatable bonds is 1. The molecule has 1 saturated heterocycles. The molecule has 1 heterocycles. The molecule has 1 aliphatic heterocycles. The molecule has 1 N–H and O–H groups in total. The summed E-state index contributed by atoms with van der Waals surface area (Å²) in [6.07, 6.45) is 0. The van der Waals surface area contributed by atoms with Gasteiger partial charge < -0.3 is 10.2 Å². The van der Waals surface area contributed by atoms with Crippen LogP contribution in [0.4, 0.5) is 0 Å². The fourth-order valence-electron chi connectivity index (χ4n) is 1.93. The Labute approximate surface area is 116 Å². The summed E-state index contributed by atoms with van der Waals surface area (Å²) in [6, 6.07) is 7.84. The first-order valence-corrected chi connectivity index (χ1v) is 6.25. The van der Waals surface area contributed by atoms with Gasteiger partial charge in [0.05, 0.1) is 5.56 Å². The molecule has 1 aliphatic rings. The number of nitrogens with one attached hydrogen (secondary N) is 1. The molecular formula is C12H16BrClN2O. The Morgan fingerprint density at radius 1 is 1.47 bits per heavy atom. The van der Waals surface area contributed by atoms with Crippen molar-refractivity contribution in [1.82, 2.24) is 10.2 Å². The van der Waals surface area contributed by atoms with Gasteiger partial charge in [0.25, 0.3) is 5.91 Å². The van der Waals surface area contributed by atoms with E-state index in [2.05, 4.69) is 28.2 Å². The van der Waals surface area contributed by atoms with E-state index in [0.29, 0.717) is 0 Å². The van der Waals surface area contributed by atoms with E-state index in [1.807, 2.05) is 29.2 Å². The van der Waals surface area contributed by atoms with Gasteiger partial charge in [-0.05, 0) is 35.0 Å². The summed E-state index contributed by atoms with van der Waals surface area (Å²) >= 11 is 3.42. The van der Waals surface area contributed by atoms with Crippen LogP contribution < -0.4 is 5.32 Å². The quantitative estimate of drug-likeness (QED) is 0.861. The molecule has 0 aromatic heterocycles. The largest absolute Gasteiger partial charge is 0.333 e. The van der Waals surface area contributed by atoms with Crippen molar-refractivity contribution in [3.63, 3.8) is 0 Å². The van der Waals surface area contributed by atoms with Crippen molar-refractivity contribution in [2.75, 3.05) is 19.6 Å². The second-order valence-electron chi connectivity index (χ2n) is 4.03. The van der Waals surface area contributed by atoms with Gasteiger partial charge in [0, 0.05) is 30.1 Å². The molecule has 17 heavy (non-hydrogen) atoms. The number of piperazine rings is 1. The average Bonchev–Trinajstić information content (AvgIpc) is 2.29. The van der Waals surface area contributed by atoms with Crippen LogP contribution in [0, 0.1) is 0 Å². The Morgan fingerprint density at radius 2 is 2.18 bits per heavy atom. The second kappa shape index (κ2) is 6.38. The lowest BCUT2D eigenvalue weighted by Crippen LogP contribution is -2.52. The number of nitrogens with zero attached hydrogens (tertiary/aromatic N) is 1. The highest BCUT2D eigenvalue weighted by molar-refractivity contribution is 9.10. The normalized spacial score (nSPS) is 19.6. The number of amides is 1. The van der Waals surface area contributed by atoms with Crippen molar-refractivity contribution >= 4 is 34.2 Å². The van der Waals surface area contributed by atoms with Crippen LogP contribution in [0.5, 0.6) is 0 Å². The Morgan fingerprint density at radius 3 is 2.82 bits per heavy atom. The smallest absolute Gasteiger partial charge is 0.255 e. The molecule has 0 spiro atoms. The van der Waals surface area contributed by atoms with E-state index in [1.54, 1.807) is 0 Å². The van der Waals surface area contributed by atoms with Crippen molar-refractivity contribution in [2.24, 2.45) is 0 Å². The van der Waals surface area contributed by atoms with E-state index in [4.69, 9.17) is 0 Å². The summed E-state index contributed by atoms with van der Waals surface area (Å²) in [5.41, 5.74) is 0.747. The number of benzene rings is 1. The SMILES string of the molecule is C[C@@H]1CNCCN1C(=O)c1ccccc1Br.Cl. The van der Waals surface area contributed by atoms with E-state index in [-0.39, 0.29) is 24.4 Å². The maximum atomic E-state index is 12.3. The highest BCUT2D eigenvalue weighted by Gasteiger charge is 2.24. The Balaban J connectivity index is 0.00000144. The third kappa shape index (κ3) is 3.21. The highest BCUT2D eigenvalue weighted by Crippen LogP contribution is 2.19. The molecule has 0 aliphatic carbocycles. The minimum atomic E-state index is 0. The zero-order valence-corrected chi connectivity index (χ0v) is 12.1. The van der Waals surface area contributed by atoms with Gasteiger partial charge in [0.2, 0.25) is 0 Å². The molecule has 0 radical (unpaired) electrons. The van der Waals surface area contributed by atoms with E-state index >= 15 is 0 Å². The summed E-state index contributed by atoms with van der Waals surface area (Å²) in [5.74, 6) is 0.112. The van der Waals surface area contributed by atoms with Crippen molar-refractivity contribution < 1.29 is 4.79 Å². The van der Waals surface area contributed by atoms with Crippen LogP contribution in [-0.4, -0.2) is 36.5 Å². The summed E-state index contributed by atoms with van der Waals surface area (Å²) in [7, 11) is 0. The van der Waals surface area contributed by atoms with Crippen LogP contribution in [0.1, 0.15) is 17.3 Å². The third-order valence-corrected chi connectivity index (χ3v) is 3.56. The Bertz CT molecular complexity index is 400. The molecule has 0 bridgehead atoms. The maximum Gasteiger partial charge on any atom is 0.255 e. The van der Waals surface area contributed by atoms with Crippen LogP contribution >= 0.6 is 28.3 Å². The number of carbonyl (C=O) groups excluding carboxylic acids is 1. The summed E-state index contributed by atoms with van der Waals surface area (Å²) in [5, 5.41) is 3.28. The van der Waals surface area contributed by atoms with Gasteiger partial charge in [-0.1, -0.05) is 12.1 Å². The fourth-order valence-corrected chi connectivity index (χ4v) is 2.39. The molecule has 0 unspecified atom stereocenters. The lowest BCUT2D eigenvalue weighted by molar-refractivity contribution is 0.0655. The van der Waals surface area contributed by atoms with Gasteiger partial charge in [0.1, 0.15) is 0 Å². The first-order chi connectivity index (χ1) is 7.70. The molecule has 1 amide bonds. The molecule has 94 valence electrons. The summed E-state index contributed by atoms with van der Waals surface area (Å²) in [6.45, 7) is 4.60. The molecule has 2 rings (SSSR count). The molecule has 1 aromatic rings. The highest BCUT2D eigenvalue weighted by atomic mass is 79.9. The monoisotopic (exact) mass is 318 g/mol. The molecule has 3 nitrogen and oxygen atoms in total. The fraction of sp³-hybridized carbons (Fsp3) is 0.417. The predicted molar refractivity (Wildman–Crippen MR) is 74.8 cm³/mol. The first-order valence-electron chi connectivity index (χ1n) is 5.46. The van der Waals surface area contributed by atoms with Gasteiger partial charge in [-0.15, -0.1) is 12.4 Å². The summed E-state index contributed by atoms with van der Waals surface area (Å²) < 4.78 is 0.866. The molecule has 1 atom stereocenters. The lowest BCUT2D eigenvalue weighted by atomic mass is 10.1. The van der Waals surface area contributed by atoms with Gasteiger partial charge >= 0.3 is 0 Å². The molecular weight excluding hydrogens is 304 g/mol. The predicted octanol–water partition coefficient (Wildman–Crippen LogP) is 2.30. The Kier molecular flexibility index (Phi) is 5.43. The lowest BCUT2D eigenvalue weighted by Gasteiger charge is -2.34. The van der Waals surface area contributed by atoms with Gasteiger partial charge in [-0.3, -0.25) is 4.79 Å². The first kappa shape index (κ1) is 14.5. The molecule has 0 saturated carbocycles. The van der Waals surface area contributed by atoms with Crippen LogP contribution in [0.2, 0.25) is 0 Å². The van der Waals surface area contributed by atoms with Crippen LogP contribution in [0.15, 0.2) is 28.7 Å². The number of hydrogen-bond acceptors (Lipinski definition) is 2. The maximum absolute atomic E-state index is 12.3. The third-order valence-electron chi connectivity index (χ3n) is 2.87. The number of halogens is 2. The van der Waals surface area contributed by atoms with Crippen molar-refractivity contribution in [3.05, 3.63) is 34.3 Å². The zero-order chi connectivity index (χ0) is 11.5. The number of carbonyl (C=O) groups is 1. The van der Waals surface area contributed by atoms with Gasteiger partial charge in [0.15, 0.2) is 0 Å². The minimum absolute atomic E-state index is 0. The Hall–Kier alpha value is -0.580. The standard InChI is InChI=1S/C12H15BrN2O.ClH/c1-9-8-14-6-7-15(9)12(16)10-4-2-3-5-11(10)13;/h2-5,9,14H,6-8H2,1H3;1H/t9-;/m1./s1. The second-order valence-corrected chi connectivity index (χ2v) is 4.89. The molecule has 1 fully saturated rings. The number of hydrogen-bond donors (Lipinski definition) is 1. The molecule has 1 aromatic carbocycles. The van der Waals surface area contributed by atoms with Gasteiger partial charge in [-0.25, -0.2) is 0 Å². The van der Waals surface area contributed by atoms with Crippen LogP contribution in [0.3, 0.4) is 0 Å². The zero-order valence-electron chi connectivity index (χ0n) is 9.65. The minimum Gasteiger partial charge on any atom is -0.333 e. The van der Waals surface area contributed by atoms with E-state index in [9.17, 15) is 4.79 Å². The van der Waals surface area contributed by atoms with Crippen molar-refractivity contribution in [1.29, 1.82) is 0 Å².